The van der Waals surface area contributed by atoms with Gasteiger partial charge in [-0.1, -0.05) is 15.9 Å². The fourth-order valence-corrected chi connectivity index (χ4v) is 3.22. The van der Waals surface area contributed by atoms with E-state index < -0.39 is 0 Å². The molecular formula is C14H22BrN3O. The van der Waals surface area contributed by atoms with Crippen LogP contribution in [0.2, 0.25) is 0 Å². The molecule has 0 aliphatic carbocycles. The summed E-state index contributed by atoms with van der Waals surface area (Å²) in [6.45, 7) is 6.71. The molecule has 1 aromatic heterocycles. The van der Waals surface area contributed by atoms with Crippen LogP contribution in [0.25, 0.3) is 0 Å². The summed E-state index contributed by atoms with van der Waals surface area (Å²) in [5.74, 6) is 3.24. The number of alkyl halides is 1. The van der Waals surface area contributed by atoms with Crippen LogP contribution < -0.4 is 9.64 Å². The van der Waals surface area contributed by atoms with E-state index in [1.165, 1.54) is 19.3 Å². The van der Waals surface area contributed by atoms with Gasteiger partial charge in [-0.2, -0.15) is 4.98 Å². The molecule has 1 fully saturated rings. The molecule has 5 heteroatoms. The van der Waals surface area contributed by atoms with Crippen molar-refractivity contribution in [1.82, 2.24) is 9.97 Å². The first-order valence-corrected chi connectivity index (χ1v) is 8.14. The highest BCUT2D eigenvalue weighted by atomic mass is 79.9. The molecule has 19 heavy (non-hydrogen) atoms. The smallest absolute Gasteiger partial charge is 0.218 e. The van der Waals surface area contributed by atoms with E-state index in [0.29, 0.717) is 12.5 Å². The summed E-state index contributed by atoms with van der Waals surface area (Å²) in [6, 6.07) is 1.97. The third kappa shape index (κ3) is 4.06. The third-order valence-electron chi connectivity index (χ3n) is 3.45. The minimum atomic E-state index is 0.641. The van der Waals surface area contributed by atoms with Gasteiger partial charge < -0.3 is 9.64 Å². The number of hydrogen-bond donors (Lipinski definition) is 0. The van der Waals surface area contributed by atoms with Crippen molar-refractivity contribution in [1.29, 1.82) is 0 Å². The molecule has 1 aromatic rings. The zero-order chi connectivity index (χ0) is 13.7. The molecule has 0 aromatic carbocycles. The molecule has 2 rings (SSSR count). The van der Waals surface area contributed by atoms with Crippen molar-refractivity contribution < 1.29 is 4.74 Å². The molecule has 0 N–H and O–H groups in total. The Labute approximate surface area is 123 Å². The minimum absolute atomic E-state index is 0.641. The molecule has 0 amide bonds. The normalized spacial score (nSPS) is 19.5. The largest absolute Gasteiger partial charge is 0.478 e. The summed E-state index contributed by atoms with van der Waals surface area (Å²) >= 11 is 3.54. The first-order chi connectivity index (χ1) is 9.22. The number of rotatable bonds is 5. The lowest BCUT2D eigenvalue weighted by atomic mass is 9.96. The van der Waals surface area contributed by atoms with Crippen LogP contribution >= 0.6 is 15.9 Å². The van der Waals surface area contributed by atoms with E-state index in [-0.39, 0.29) is 0 Å². The Morgan fingerprint density at radius 1 is 1.47 bits per heavy atom. The number of hydrogen-bond acceptors (Lipinski definition) is 4. The zero-order valence-electron chi connectivity index (χ0n) is 11.7. The Balaban J connectivity index is 2.11. The first-order valence-electron chi connectivity index (χ1n) is 7.02. The summed E-state index contributed by atoms with van der Waals surface area (Å²) < 4.78 is 5.51. The summed E-state index contributed by atoms with van der Waals surface area (Å²) in [7, 11) is 0. The van der Waals surface area contributed by atoms with Crippen molar-refractivity contribution in [2.75, 3.05) is 29.9 Å². The summed E-state index contributed by atoms with van der Waals surface area (Å²) in [4.78, 5) is 11.2. The average molecular weight is 328 g/mol. The average Bonchev–Trinajstić information content (AvgIpc) is 2.39. The lowest BCUT2D eigenvalue weighted by molar-refractivity contribution is 0.325. The summed E-state index contributed by atoms with van der Waals surface area (Å²) in [6.07, 6.45) is 3.80. The van der Waals surface area contributed by atoms with Crippen LogP contribution in [0.15, 0.2) is 6.07 Å². The van der Waals surface area contributed by atoms with E-state index in [1.54, 1.807) is 0 Å². The molecule has 2 heterocycles. The first kappa shape index (κ1) is 14.6. The molecule has 1 atom stereocenters. The van der Waals surface area contributed by atoms with Crippen molar-refractivity contribution >= 4 is 21.7 Å². The van der Waals surface area contributed by atoms with Crippen LogP contribution in [-0.2, 0) is 0 Å². The number of aromatic nitrogens is 2. The maximum atomic E-state index is 5.51. The molecule has 0 radical (unpaired) electrons. The van der Waals surface area contributed by atoms with E-state index in [9.17, 15) is 0 Å². The quantitative estimate of drug-likeness (QED) is 0.778. The maximum Gasteiger partial charge on any atom is 0.218 e. The fourth-order valence-electron chi connectivity index (χ4n) is 2.57. The van der Waals surface area contributed by atoms with Gasteiger partial charge in [-0.05, 0) is 39.0 Å². The zero-order valence-corrected chi connectivity index (χ0v) is 13.3. The monoisotopic (exact) mass is 327 g/mol. The predicted octanol–water partition coefficient (Wildman–Crippen LogP) is 3.19. The number of aryl methyl sites for hydroxylation is 1. The number of ether oxygens (including phenoxy) is 1. The predicted molar refractivity (Wildman–Crippen MR) is 81.3 cm³/mol. The minimum Gasteiger partial charge on any atom is -0.478 e. The Morgan fingerprint density at radius 2 is 2.32 bits per heavy atom. The summed E-state index contributed by atoms with van der Waals surface area (Å²) in [5.41, 5.74) is 0. The standard InChI is InChI=1S/C14H22BrN3O/c1-3-19-14-9-13(16-11(2)17-14)18-8-4-5-12(10-18)6-7-15/h9,12H,3-8,10H2,1-2H3. The molecule has 1 saturated heterocycles. The molecule has 1 aliphatic rings. The van der Waals surface area contributed by atoms with E-state index in [2.05, 4.69) is 30.8 Å². The molecule has 1 aliphatic heterocycles. The van der Waals surface area contributed by atoms with Gasteiger partial charge in [-0.15, -0.1) is 0 Å². The second-order valence-corrected chi connectivity index (χ2v) is 5.77. The Morgan fingerprint density at radius 3 is 3.05 bits per heavy atom. The highest BCUT2D eigenvalue weighted by molar-refractivity contribution is 9.09. The number of nitrogens with zero attached hydrogens (tertiary/aromatic N) is 3. The van der Waals surface area contributed by atoms with Gasteiger partial charge in [0.15, 0.2) is 0 Å². The van der Waals surface area contributed by atoms with Crippen molar-refractivity contribution in [2.45, 2.75) is 33.1 Å². The summed E-state index contributed by atoms with van der Waals surface area (Å²) in [5, 5.41) is 1.08. The van der Waals surface area contributed by atoms with Crippen molar-refractivity contribution in [3.8, 4) is 5.88 Å². The lowest BCUT2D eigenvalue weighted by Crippen LogP contribution is -2.36. The van der Waals surface area contributed by atoms with Crippen LogP contribution in [0, 0.1) is 12.8 Å². The second kappa shape index (κ2) is 7.08. The molecule has 4 nitrogen and oxygen atoms in total. The van der Waals surface area contributed by atoms with Crippen LogP contribution in [0.4, 0.5) is 5.82 Å². The van der Waals surface area contributed by atoms with Crippen molar-refractivity contribution in [3.05, 3.63) is 11.9 Å². The molecule has 0 bridgehead atoms. The van der Waals surface area contributed by atoms with Gasteiger partial charge >= 0.3 is 0 Å². The van der Waals surface area contributed by atoms with Crippen LogP contribution in [-0.4, -0.2) is 35.0 Å². The molecule has 106 valence electrons. The van der Waals surface area contributed by atoms with Crippen LogP contribution in [0.1, 0.15) is 32.0 Å². The molecule has 1 unspecified atom stereocenters. The fraction of sp³-hybridized carbons (Fsp3) is 0.714. The van der Waals surface area contributed by atoms with Gasteiger partial charge in [0.1, 0.15) is 11.6 Å². The van der Waals surface area contributed by atoms with Gasteiger partial charge in [0.2, 0.25) is 5.88 Å². The molecule has 0 saturated carbocycles. The second-order valence-electron chi connectivity index (χ2n) is 4.98. The van der Waals surface area contributed by atoms with E-state index in [4.69, 9.17) is 4.74 Å². The van der Waals surface area contributed by atoms with Crippen molar-refractivity contribution in [3.63, 3.8) is 0 Å². The SMILES string of the molecule is CCOc1cc(N2CCCC(CCBr)C2)nc(C)n1. The van der Waals surface area contributed by atoms with Crippen LogP contribution in [0.3, 0.4) is 0 Å². The molecular weight excluding hydrogens is 306 g/mol. The van der Waals surface area contributed by atoms with Gasteiger partial charge in [0, 0.05) is 24.5 Å². The Hall–Kier alpha value is -0.840. The number of halogens is 1. The van der Waals surface area contributed by atoms with E-state index in [1.807, 2.05) is 19.9 Å². The van der Waals surface area contributed by atoms with Crippen LogP contribution in [0.5, 0.6) is 5.88 Å². The van der Waals surface area contributed by atoms with Gasteiger partial charge in [-0.25, -0.2) is 4.98 Å². The number of anilines is 1. The third-order valence-corrected chi connectivity index (χ3v) is 3.91. The number of piperidine rings is 1. The van der Waals surface area contributed by atoms with Gasteiger partial charge in [-0.3, -0.25) is 0 Å². The molecule has 0 spiro atoms. The van der Waals surface area contributed by atoms with E-state index >= 15 is 0 Å². The van der Waals surface area contributed by atoms with Gasteiger partial charge in [0.05, 0.1) is 6.61 Å². The lowest BCUT2D eigenvalue weighted by Gasteiger charge is -2.33. The topological polar surface area (TPSA) is 38.2 Å². The van der Waals surface area contributed by atoms with Gasteiger partial charge in [0.25, 0.3) is 0 Å². The maximum absolute atomic E-state index is 5.51. The van der Waals surface area contributed by atoms with Crippen molar-refractivity contribution in [2.24, 2.45) is 5.92 Å². The van der Waals surface area contributed by atoms with E-state index in [0.717, 1.165) is 36.0 Å². The highest BCUT2D eigenvalue weighted by Gasteiger charge is 2.21. The Bertz CT molecular complexity index is 412. The highest BCUT2D eigenvalue weighted by Crippen LogP contribution is 2.26. The Kier molecular flexibility index (Phi) is 5.43.